The number of aliphatic carboxylic acids is 1. The Morgan fingerprint density at radius 1 is 1.12 bits per heavy atom. The number of hydrogen-bond acceptors (Lipinski definition) is 4. The smallest absolute Gasteiger partial charge is 0.389 e. The summed E-state index contributed by atoms with van der Waals surface area (Å²) in [6.07, 6.45) is -2.50. The third-order valence-electron chi connectivity index (χ3n) is 7.38. The number of benzene rings is 2. The Morgan fingerprint density at radius 3 is 2.48 bits per heavy atom. The molecule has 0 saturated carbocycles. The number of carbonyl (C=O) groups excluding carboxylic acids is 1. The van der Waals surface area contributed by atoms with E-state index in [2.05, 4.69) is 24.3 Å². The van der Waals surface area contributed by atoms with Crippen LogP contribution in [-0.2, 0) is 4.79 Å². The lowest BCUT2D eigenvalue weighted by Gasteiger charge is -2.30. The summed E-state index contributed by atoms with van der Waals surface area (Å²) in [7, 11) is 0. The SMILES string of the molecule is Cc1cc(-n2nccc2C(C)C)ccc1C(CCC(F)(F)F)Nc1ccc(C(=O)N2CCC[C@@H](C(=O)O)C2)cc1. The number of carbonyl (C=O) groups is 2. The van der Waals surface area contributed by atoms with Gasteiger partial charge in [-0.15, -0.1) is 0 Å². The number of aromatic nitrogens is 2. The molecule has 3 aromatic rings. The number of nitrogens with one attached hydrogen (secondary N) is 1. The quantitative estimate of drug-likeness (QED) is 0.305. The average Bonchev–Trinajstić information content (AvgIpc) is 3.41. The number of anilines is 1. The highest BCUT2D eigenvalue weighted by atomic mass is 19.4. The molecule has 40 heavy (non-hydrogen) atoms. The molecule has 2 N–H and O–H groups in total. The van der Waals surface area contributed by atoms with Gasteiger partial charge in [-0.1, -0.05) is 19.9 Å². The molecule has 10 heteroatoms. The highest BCUT2D eigenvalue weighted by Gasteiger charge is 2.30. The Kier molecular flexibility index (Phi) is 8.85. The molecule has 1 fully saturated rings. The summed E-state index contributed by atoms with van der Waals surface area (Å²) in [5.41, 5.74) is 4.46. The summed E-state index contributed by atoms with van der Waals surface area (Å²) >= 11 is 0. The second-order valence-corrected chi connectivity index (χ2v) is 10.7. The van der Waals surface area contributed by atoms with Crippen LogP contribution in [0.3, 0.4) is 0 Å². The minimum atomic E-state index is -4.30. The Hall–Kier alpha value is -3.82. The molecule has 1 unspecified atom stereocenters. The summed E-state index contributed by atoms with van der Waals surface area (Å²) in [6, 6.07) is 13.6. The van der Waals surface area contributed by atoms with Crippen LogP contribution in [0.2, 0.25) is 0 Å². The van der Waals surface area contributed by atoms with E-state index >= 15 is 0 Å². The molecule has 1 aliphatic heterocycles. The number of amides is 1. The van der Waals surface area contributed by atoms with Gasteiger partial charge in [-0.3, -0.25) is 9.59 Å². The van der Waals surface area contributed by atoms with E-state index in [-0.39, 0.29) is 24.8 Å². The van der Waals surface area contributed by atoms with E-state index in [0.717, 1.165) is 22.5 Å². The molecule has 1 aliphatic rings. The number of piperidine rings is 1. The molecule has 4 rings (SSSR count). The van der Waals surface area contributed by atoms with Gasteiger partial charge in [0.05, 0.1) is 17.6 Å². The first-order valence-electron chi connectivity index (χ1n) is 13.5. The third kappa shape index (κ3) is 7.03. The second kappa shape index (κ2) is 12.1. The first-order valence-corrected chi connectivity index (χ1v) is 13.5. The zero-order chi connectivity index (χ0) is 29.0. The fourth-order valence-corrected chi connectivity index (χ4v) is 5.22. The van der Waals surface area contributed by atoms with Gasteiger partial charge < -0.3 is 15.3 Å². The summed E-state index contributed by atoms with van der Waals surface area (Å²) in [5, 5.41) is 17.0. The Labute approximate surface area is 232 Å². The summed E-state index contributed by atoms with van der Waals surface area (Å²) in [4.78, 5) is 25.9. The molecule has 2 heterocycles. The molecule has 1 saturated heterocycles. The predicted molar refractivity (Wildman–Crippen MR) is 147 cm³/mol. The second-order valence-electron chi connectivity index (χ2n) is 10.7. The maximum absolute atomic E-state index is 13.2. The number of hydrogen-bond donors (Lipinski definition) is 2. The molecule has 214 valence electrons. The fourth-order valence-electron chi connectivity index (χ4n) is 5.22. The van der Waals surface area contributed by atoms with Gasteiger partial charge in [0.15, 0.2) is 0 Å². The molecule has 0 spiro atoms. The van der Waals surface area contributed by atoms with E-state index in [4.69, 9.17) is 0 Å². The predicted octanol–water partition coefficient (Wildman–Crippen LogP) is 6.74. The van der Waals surface area contributed by atoms with Gasteiger partial charge in [-0.25, -0.2) is 4.68 Å². The molecule has 0 bridgehead atoms. The standard InChI is InChI=1S/C30H35F3N4O3/c1-19(2)27-13-15-34-37(27)24-10-11-25(20(3)17-24)26(12-14-30(31,32)33)35-23-8-6-21(7-9-23)28(38)36-16-4-5-22(18-36)29(39)40/h6-11,13,15,17,19,22,26,35H,4-5,12,14,16,18H2,1-3H3,(H,39,40)/t22-,26?/m1/s1. The number of carboxylic acids is 1. The van der Waals surface area contributed by atoms with Crippen molar-refractivity contribution in [3.63, 3.8) is 0 Å². The first-order chi connectivity index (χ1) is 18.9. The average molecular weight is 557 g/mol. The summed E-state index contributed by atoms with van der Waals surface area (Å²) in [5.74, 6) is -1.48. The van der Waals surface area contributed by atoms with Crippen molar-refractivity contribution >= 4 is 17.6 Å². The van der Waals surface area contributed by atoms with Crippen LogP contribution >= 0.6 is 0 Å². The van der Waals surface area contributed by atoms with E-state index in [1.165, 1.54) is 0 Å². The molecule has 2 atom stereocenters. The minimum absolute atomic E-state index is 0.159. The summed E-state index contributed by atoms with van der Waals surface area (Å²) < 4.78 is 41.5. The Balaban J connectivity index is 1.53. The van der Waals surface area contributed by atoms with Gasteiger partial charge in [-0.05, 0) is 85.7 Å². The number of nitrogens with zero attached hydrogens (tertiary/aromatic N) is 3. The van der Waals surface area contributed by atoms with Gasteiger partial charge in [0.25, 0.3) is 5.91 Å². The van der Waals surface area contributed by atoms with E-state index in [1.807, 2.05) is 35.9 Å². The Morgan fingerprint density at radius 2 is 1.85 bits per heavy atom. The van der Waals surface area contributed by atoms with Crippen LogP contribution in [-0.4, -0.2) is 50.9 Å². The lowest BCUT2D eigenvalue weighted by molar-refractivity contribution is -0.143. The zero-order valence-corrected chi connectivity index (χ0v) is 22.9. The number of aryl methyl sites for hydroxylation is 1. The molecule has 0 aliphatic carbocycles. The van der Waals surface area contributed by atoms with Crippen molar-refractivity contribution in [2.24, 2.45) is 5.92 Å². The molecular formula is C30H35F3N4O3. The van der Waals surface area contributed by atoms with Crippen molar-refractivity contribution in [2.45, 2.75) is 64.6 Å². The maximum Gasteiger partial charge on any atom is 0.389 e. The van der Waals surface area contributed by atoms with Crippen LogP contribution in [0.5, 0.6) is 0 Å². The number of alkyl halides is 3. The fraction of sp³-hybridized carbons (Fsp3) is 0.433. The van der Waals surface area contributed by atoms with Crippen molar-refractivity contribution < 1.29 is 27.9 Å². The third-order valence-corrected chi connectivity index (χ3v) is 7.38. The topological polar surface area (TPSA) is 87.5 Å². The van der Waals surface area contributed by atoms with Crippen LogP contribution in [0.15, 0.2) is 54.7 Å². The van der Waals surface area contributed by atoms with Crippen molar-refractivity contribution in [1.82, 2.24) is 14.7 Å². The summed E-state index contributed by atoms with van der Waals surface area (Å²) in [6.45, 7) is 6.69. The molecule has 2 aromatic carbocycles. The van der Waals surface area contributed by atoms with Crippen LogP contribution in [0, 0.1) is 12.8 Å². The van der Waals surface area contributed by atoms with Gasteiger partial charge in [0, 0.05) is 42.7 Å². The van der Waals surface area contributed by atoms with E-state index in [0.29, 0.717) is 30.6 Å². The number of halogens is 3. The number of rotatable bonds is 9. The normalized spacial score (nSPS) is 16.7. The largest absolute Gasteiger partial charge is 0.481 e. The zero-order valence-electron chi connectivity index (χ0n) is 22.9. The van der Waals surface area contributed by atoms with Crippen molar-refractivity contribution in [1.29, 1.82) is 0 Å². The monoisotopic (exact) mass is 556 g/mol. The van der Waals surface area contributed by atoms with E-state index < -0.39 is 30.5 Å². The molecule has 1 aromatic heterocycles. The van der Waals surface area contributed by atoms with E-state index in [9.17, 15) is 27.9 Å². The molecule has 7 nitrogen and oxygen atoms in total. The van der Waals surface area contributed by atoms with Gasteiger partial charge in [0.1, 0.15) is 0 Å². The van der Waals surface area contributed by atoms with Gasteiger partial charge in [-0.2, -0.15) is 18.3 Å². The van der Waals surface area contributed by atoms with Crippen LogP contribution in [0.4, 0.5) is 18.9 Å². The lowest BCUT2D eigenvalue weighted by atomic mass is 9.96. The van der Waals surface area contributed by atoms with E-state index in [1.54, 1.807) is 35.4 Å². The lowest BCUT2D eigenvalue weighted by Crippen LogP contribution is -2.42. The minimum Gasteiger partial charge on any atom is -0.481 e. The van der Waals surface area contributed by atoms with Crippen LogP contribution in [0.1, 0.15) is 78.7 Å². The van der Waals surface area contributed by atoms with Crippen molar-refractivity contribution in [2.75, 3.05) is 18.4 Å². The highest BCUT2D eigenvalue weighted by molar-refractivity contribution is 5.95. The molecule has 0 radical (unpaired) electrons. The molecule has 1 amide bonds. The molecular weight excluding hydrogens is 521 g/mol. The van der Waals surface area contributed by atoms with Crippen molar-refractivity contribution in [3.05, 3.63) is 77.1 Å². The Bertz CT molecular complexity index is 1330. The number of likely N-dealkylation sites (tertiary alicyclic amines) is 1. The van der Waals surface area contributed by atoms with Gasteiger partial charge >= 0.3 is 12.1 Å². The van der Waals surface area contributed by atoms with Crippen LogP contribution in [0.25, 0.3) is 5.69 Å². The van der Waals surface area contributed by atoms with Crippen molar-refractivity contribution in [3.8, 4) is 5.69 Å². The highest BCUT2D eigenvalue weighted by Crippen LogP contribution is 2.33. The maximum atomic E-state index is 13.2. The first kappa shape index (κ1) is 29.2. The van der Waals surface area contributed by atoms with Gasteiger partial charge in [0.2, 0.25) is 0 Å². The number of carboxylic acid groups (broad SMARTS) is 1. The van der Waals surface area contributed by atoms with Crippen LogP contribution < -0.4 is 5.32 Å².